The highest BCUT2D eigenvalue weighted by Crippen LogP contribution is 2.44. The highest BCUT2D eigenvalue weighted by molar-refractivity contribution is 5.81. The largest absolute Gasteiger partial charge is 0.466 e. The number of amides is 1. The fourth-order valence-corrected chi connectivity index (χ4v) is 2.39. The molecule has 0 aromatic carbocycles. The van der Waals surface area contributed by atoms with Crippen molar-refractivity contribution in [1.82, 2.24) is 5.32 Å². The minimum atomic E-state index is -0.112. The highest BCUT2D eigenvalue weighted by atomic mass is 16.5. The predicted molar refractivity (Wildman–Crippen MR) is 49.5 cm³/mol. The summed E-state index contributed by atoms with van der Waals surface area (Å²) in [5, 5.41) is 2.95. The molecule has 0 atom stereocenters. The maximum Gasteiger partial charge on any atom is 0.309 e. The van der Waals surface area contributed by atoms with Crippen molar-refractivity contribution in [2.24, 2.45) is 5.92 Å². The van der Waals surface area contributed by atoms with E-state index in [1.807, 2.05) is 6.92 Å². The Hall–Kier alpha value is -1.06. The quantitative estimate of drug-likeness (QED) is 0.660. The topological polar surface area (TPSA) is 55.4 Å². The number of rotatable bonds is 2. The third-order valence-electron chi connectivity index (χ3n) is 3.13. The van der Waals surface area contributed by atoms with Crippen LogP contribution in [0.5, 0.6) is 0 Å². The van der Waals surface area contributed by atoms with Crippen LogP contribution in [0.25, 0.3) is 0 Å². The van der Waals surface area contributed by atoms with Crippen LogP contribution in [0.15, 0.2) is 0 Å². The van der Waals surface area contributed by atoms with E-state index in [1.54, 1.807) is 0 Å². The van der Waals surface area contributed by atoms with Crippen LogP contribution >= 0.6 is 0 Å². The van der Waals surface area contributed by atoms with Crippen LogP contribution < -0.4 is 5.32 Å². The second-order valence-electron chi connectivity index (χ2n) is 4.19. The van der Waals surface area contributed by atoms with E-state index in [9.17, 15) is 9.59 Å². The van der Waals surface area contributed by atoms with Crippen molar-refractivity contribution in [2.45, 2.75) is 38.1 Å². The monoisotopic (exact) mass is 197 g/mol. The second kappa shape index (κ2) is 3.26. The molecule has 0 bridgehead atoms. The van der Waals surface area contributed by atoms with Crippen LogP contribution in [0.3, 0.4) is 0 Å². The number of ether oxygens (including phenoxy) is 1. The lowest BCUT2D eigenvalue weighted by Gasteiger charge is -2.43. The van der Waals surface area contributed by atoms with Crippen LogP contribution in [0.4, 0.5) is 0 Å². The Morgan fingerprint density at radius 1 is 1.64 bits per heavy atom. The van der Waals surface area contributed by atoms with Crippen molar-refractivity contribution in [3.05, 3.63) is 0 Å². The maximum absolute atomic E-state index is 11.3. The Bertz CT molecular complexity index is 269. The first kappa shape index (κ1) is 9.49. The molecule has 1 N–H and O–H groups in total. The number of carbonyl (C=O) groups is 2. The average molecular weight is 197 g/mol. The van der Waals surface area contributed by atoms with Crippen LogP contribution in [0, 0.1) is 5.92 Å². The molecule has 1 aliphatic carbocycles. The summed E-state index contributed by atoms with van der Waals surface area (Å²) < 4.78 is 4.92. The summed E-state index contributed by atoms with van der Waals surface area (Å²) in [6.07, 6.45) is 3.01. The van der Waals surface area contributed by atoms with Crippen molar-refractivity contribution in [2.75, 3.05) is 6.61 Å². The zero-order valence-corrected chi connectivity index (χ0v) is 8.34. The standard InChI is InChI=1S/C10H15NO3/c1-2-14-9(13)7-5-10(6-7)4-3-8(12)11-10/h7H,2-6H2,1H3,(H,11,12). The number of hydrogen-bond acceptors (Lipinski definition) is 3. The van der Waals surface area contributed by atoms with Gasteiger partial charge < -0.3 is 10.1 Å². The molecular weight excluding hydrogens is 182 g/mol. The van der Waals surface area contributed by atoms with Crippen molar-refractivity contribution in [3.8, 4) is 0 Å². The van der Waals surface area contributed by atoms with Gasteiger partial charge in [-0.25, -0.2) is 0 Å². The molecule has 0 aromatic heterocycles. The Morgan fingerprint density at radius 3 is 2.86 bits per heavy atom. The maximum atomic E-state index is 11.3. The molecule has 2 fully saturated rings. The molecule has 2 rings (SSSR count). The van der Waals surface area contributed by atoms with Gasteiger partial charge in [0, 0.05) is 12.0 Å². The molecule has 14 heavy (non-hydrogen) atoms. The van der Waals surface area contributed by atoms with Gasteiger partial charge in [-0.05, 0) is 26.2 Å². The smallest absolute Gasteiger partial charge is 0.309 e. The molecule has 4 heteroatoms. The lowest BCUT2D eigenvalue weighted by Crippen LogP contribution is -2.54. The van der Waals surface area contributed by atoms with Gasteiger partial charge in [-0.15, -0.1) is 0 Å². The Balaban J connectivity index is 1.84. The van der Waals surface area contributed by atoms with Crippen molar-refractivity contribution in [3.63, 3.8) is 0 Å². The number of esters is 1. The van der Waals surface area contributed by atoms with Crippen molar-refractivity contribution in [1.29, 1.82) is 0 Å². The lowest BCUT2D eigenvalue weighted by molar-refractivity contribution is -0.154. The zero-order chi connectivity index (χ0) is 10.2. The predicted octanol–water partition coefficient (Wildman–Crippen LogP) is 0.608. The van der Waals surface area contributed by atoms with Crippen LogP contribution in [-0.4, -0.2) is 24.0 Å². The molecule has 1 amide bonds. The summed E-state index contributed by atoms with van der Waals surface area (Å²) >= 11 is 0. The normalized spacial score (nSPS) is 35.2. The summed E-state index contributed by atoms with van der Waals surface area (Å²) in [4.78, 5) is 22.3. The SMILES string of the molecule is CCOC(=O)C1CC2(CCC(=O)N2)C1. The fraction of sp³-hybridized carbons (Fsp3) is 0.800. The van der Waals surface area contributed by atoms with Gasteiger partial charge in [0.05, 0.1) is 12.5 Å². The molecule has 0 radical (unpaired) electrons. The number of hydrogen-bond donors (Lipinski definition) is 1. The summed E-state index contributed by atoms with van der Waals surface area (Å²) in [7, 11) is 0. The van der Waals surface area contributed by atoms with E-state index in [-0.39, 0.29) is 23.3 Å². The highest BCUT2D eigenvalue weighted by Gasteiger charge is 2.51. The zero-order valence-electron chi connectivity index (χ0n) is 8.34. The minimum absolute atomic E-state index is 0.00773. The first-order chi connectivity index (χ1) is 6.65. The molecule has 1 saturated carbocycles. The summed E-state index contributed by atoms with van der Waals surface area (Å²) in [6, 6.07) is 0. The van der Waals surface area contributed by atoms with E-state index < -0.39 is 0 Å². The van der Waals surface area contributed by atoms with E-state index in [0.29, 0.717) is 13.0 Å². The molecular formula is C10H15NO3. The van der Waals surface area contributed by atoms with Crippen molar-refractivity contribution < 1.29 is 14.3 Å². The minimum Gasteiger partial charge on any atom is -0.466 e. The fourth-order valence-electron chi connectivity index (χ4n) is 2.39. The number of carbonyl (C=O) groups excluding carboxylic acids is 2. The van der Waals surface area contributed by atoms with E-state index in [1.165, 1.54) is 0 Å². The molecule has 1 spiro atoms. The third-order valence-corrected chi connectivity index (χ3v) is 3.13. The first-order valence-corrected chi connectivity index (χ1v) is 5.13. The average Bonchev–Trinajstić information content (AvgIpc) is 2.45. The van der Waals surface area contributed by atoms with E-state index in [2.05, 4.69) is 5.32 Å². The second-order valence-corrected chi connectivity index (χ2v) is 4.19. The van der Waals surface area contributed by atoms with Gasteiger partial charge in [0.2, 0.25) is 5.91 Å². The van der Waals surface area contributed by atoms with Crippen LogP contribution in [0.2, 0.25) is 0 Å². The molecule has 4 nitrogen and oxygen atoms in total. The molecule has 1 heterocycles. The molecule has 0 unspecified atom stereocenters. The van der Waals surface area contributed by atoms with Gasteiger partial charge in [-0.3, -0.25) is 9.59 Å². The molecule has 1 aliphatic heterocycles. The van der Waals surface area contributed by atoms with E-state index in [4.69, 9.17) is 4.74 Å². The first-order valence-electron chi connectivity index (χ1n) is 5.13. The van der Waals surface area contributed by atoms with E-state index in [0.717, 1.165) is 19.3 Å². The molecule has 2 aliphatic rings. The Morgan fingerprint density at radius 2 is 2.36 bits per heavy atom. The van der Waals surface area contributed by atoms with Gasteiger partial charge in [0.25, 0.3) is 0 Å². The molecule has 1 saturated heterocycles. The molecule has 78 valence electrons. The Labute approximate surface area is 83.0 Å². The van der Waals surface area contributed by atoms with Crippen LogP contribution in [0.1, 0.15) is 32.6 Å². The molecule has 0 aromatic rings. The van der Waals surface area contributed by atoms with Crippen molar-refractivity contribution >= 4 is 11.9 Å². The van der Waals surface area contributed by atoms with Gasteiger partial charge in [0.15, 0.2) is 0 Å². The van der Waals surface area contributed by atoms with Gasteiger partial charge in [0.1, 0.15) is 0 Å². The van der Waals surface area contributed by atoms with Gasteiger partial charge >= 0.3 is 5.97 Å². The summed E-state index contributed by atoms with van der Waals surface area (Å²) in [5.74, 6) is 0.0138. The number of nitrogens with one attached hydrogen (secondary N) is 1. The van der Waals surface area contributed by atoms with Gasteiger partial charge in [-0.2, -0.15) is 0 Å². The van der Waals surface area contributed by atoms with E-state index >= 15 is 0 Å². The summed E-state index contributed by atoms with van der Waals surface area (Å²) in [6.45, 7) is 2.25. The van der Waals surface area contributed by atoms with Gasteiger partial charge in [-0.1, -0.05) is 0 Å². The third kappa shape index (κ3) is 1.49. The lowest BCUT2D eigenvalue weighted by atomic mass is 9.67. The summed E-state index contributed by atoms with van der Waals surface area (Å²) in [5.41, 5.74) is -0.0610. The van der Waals surface area contributed by atoms with Crippen LogP contribution in [-0.2, 0) is 14.3 Å². The Kier molecular flexibility index (Phi) is 2.21.